The topological polar surface area (TPSA) is 44.9 Å². The number of benzene rings is 1. The lowest BCUT2D eigenvalue weighted by Gasteiger charge is -2.22. The highest BCUT2D eigenvalue weighted by atomic mass is 35.5. The summed E-state index contributed by atoms with van der Waals surface area (Å²) < 4.78 is 0. The van der Waals surface area contributed by atoms with Crippen LogP contribution in [0.25, 0.3) is 0 Å². The van der Waals surface area contributed by atoms with E-state index >= 15 is 0 Å². The molecule has 0 saturated carbocycles. The minimum absolute atomic E-state index is 0.562. The quantitative estimate of drug-likeness (QED) is 0.669. The van der Waals surface area contributed by atoms with Crippen LogP contribution in [0.4, 0.5) is 5.69 Å². The highest BCUT2D eigenvalue weighted by Gasteiger charge is 2.23. The number of aliphatic imine (C=N–C) groups is 1. The van der Waals surface area contributed by atoms with Gasteiger partial charge in [-0.2, -0.15) is 0 Å². The first-order chi connectivity index (χ1) is 10.5. The molecule has 1 fully saturated rings. The molecule has 1 aromatic carbocycles. The molecular weight excluding hydrogens is 296 g/mol. The predicted molar refractivity (Wildman–Crippen MR) is 95.9 cm³/mol. The van der Waals surface area contributed by atoms with E-state index in [-0.39, 0.29) is 0 Å². The van der Waals surface area contributed by atoms with Crippen LogP contribution in [0.3, 0.4) is 0 Å². The summed E-state index contributed by atoms with van der Waals surface area (Å²) in [5, 5.41) is 0.799. The second-order valence-corrected chi connectivity index (χ2v) is 6.34. The lowest BCUT2D eigenvalue weighted by atomic mass is 10.1. The van der Waals surface area contributed by atoms with Crippen molar-refractivity contribution in [1.29, 1.82) is 0 Å². The van der Waals surface area contributed by atoms with Crippen LogP contribution in [-0.4, -0.2) is 43.6 Å². The number of nitrogens with zero attached hydrogens (tertiary/aromatic N) is 3. The number of rotatable bonds is 5. The van der Waals surface area contributed by atoms with Crippen LogP contribution >= 0.6 is 11.6 Å². The summed E-state index contributed by atoms with van der Waals surface area (Å²) >= 11 is 6.13. The second-order valence-electron chi connectivity index (χ2n) is 5.90. The standard InChI is InChI=1S/C17H27ClN4/c1-4-21(5-2)17(19)20-11-14-8-9-22(12-14)16-10-15(18)7-6-13(16)3/h6-7,10,14H,4-5,8-9,11-12H2,1-3H3,(H2,19,20). The lowest BCUT2D eigenvalue weighted by molar-refractivity contribution is 0.455. The zero-order valence-electron chi connectivity index (χ0n) is 13.8. The number of guanidine groups is 1. The summed E-state index contributed by atoms with van der Waals surface area (Å²) in [5.74, 6) is 1.23. The van der Waals surface area contributed by atoms with Gasteiger partial charge in [-0.3, -0.25) is 4.99 Å². The molecule has 22 heavy (non-hydrogen) atoms. The molecule has 0 bridgehead atoms. The Bertz CT molecular complexity index is 525. The second kappa shape index (κ2) is 7.73. The normalized spacial score (nSPS) is 18.8. The third-order valence-corrected chi connectivity index (χ3v) is 4.63. The smallest absolute Gasteiger partial charge is 0.191 e. The van der Waals surface area contributed by atoms with Crippen LogP contribution in [0.15, 0.2) is 23.2 Å². The Hall–Kier alpha value is -1.42. The molecule has 1 aromatic rings. The van der Waals surface area contributed by atoms with Gasteiger partial charge in [-0.15, -0.1) is 0 Å². The molecule has 0 radical (unpaired) electrons. The summed E-state index contributed by atoms with van der Waals surface area (Å²) in [7, 11) is 0. The number of aryl methyl sites for hydroxylation is 1. The average molecular weight is 323 g/mol. The van der Waals surface area contributed by atoms with E-state index in [1.54, 1.807) is 0 Å². The third kappa shape index (κ3) is 4.07. The van der Waals surface area contributed by atoms with Crippen LogP contribution in [0.5, 0.6) is 0 Å². The zero-order chi connectivity index (χ0) is 16.1. The molecule has 1 heterocycles. The largest absolute Gasteiger partial charge is 0.371 e. The molecule has 0 amide bonds. The summed E-state index contributed by atoms with van der Waals surface area (Å²) in [4.78, 5) is 9.09. The van der Waals surface area contributed by atoms with E-state index in [4.69, 9.17) is 17.3 Å². The Morgan fingerprint density at radius 1 is 1.41 bits per heavy atom. The van der Waals surface area contributed by atoms with Crippen molar-refractivity contribution in [1.82, 2.24) is 4.90 Å². The maximum absolute atomic E-state index is 6.13. The van der Waals surface area contributed by atoms with E-state index in [9.17, 15) is 0 Å². The van der Waals surface area contributed by atoms with Gasteiger partial charge in [0.2, 0.25) is 0 Å². The fourth-order valence-electron chi connectivity index (χ4n) is 2.99. The minimum Gasteiger partial charge on any atom is -0.371 e. The molecule has 1 aliphatic heterocycles. The van der Waals surface area contributed by atoms with Gasteiger partial charge >= 0.3 is 0 Å². The first-order valence-electron chi connectivity index (χ1n) is 8.11. The van der Waals surface area contributed by atoms with E-state index in [1.165, 1.54) is 11.3 Å². The Kier molecular flexibility index (Phi) is 5.95. The van der Waals surface area contributed by atoms with Crippen LogP contribution in [-0.2, 0) is 0 Å². The Labute approximate surface area is 138 Å². The third-order valence-electron chi connectivity index (χ3n) is 4.40. The molecule has 122 valence electrons. The highest BCUT2D eigenvalue weighted by Crippen LogP contribution is 2.29. The first-order valence-corrected chi connectivity index (χ1v) is 8.48. The van der Waals surface area contributed by atoms with E-state index in [1.807, 2.05) is 6.07 Å². The molecule has 0 aliphatic carbocycles. The monoisotopic (exact) mass is 322 g/mol. The predicted octanol–water partition coefficient (Wildman–Crippen LogP) is 3.13. The number of nitrogens with two attached hydrogens (primary N) is 1. The van der Waals surface area contributed by atoms with Gasteiger partial charge in [0.05, 0.1) is 0 Å². The van der Waals surface area contributed by atoms with E-state index < -0.39 is 0 Å². The molecule has 1 unspecified atom stereocenters. The molecule has 0 spiro atoms. The number of halogens is 1. The van der Waals surface area contributed by atoms with Crippen LogP contribution in [0.2, 0.25) is 5.02 Å². The fourth-order valence-corrected chi connectivity index (χ4v) is 3.16. The molecule has 2 N–H and O–H groups in total. The van der Waals surface area contributed by atoms with E-state index in [0.717, 1.165) is 44.2 Å². The summed E-state index contributed by atoms with van der Waals surface area (Å²) in [5.41, 5.74) is 8.57. The van der Waals surface area contributed by atoms with Crippen molar-refractivity contribution in [2.45, 2.75) is 27.2 Å². The number of hydrogen-bond donors (Lipinski definition) is 1. The molecule has 1 atom stereocenters. The summed E-state index contributed by atoms with van der Waals surface area (Å²) in [6, 6.07) is 6.09. The first kappa shape index (κ1) is 16.9. The van der Waals surface area contributed by atoms with Gasteiger partial charge in [0.1, 0.15) is 0 Å². The van der Waals surface area contributed by atoms with Crippen molar-refractivity contribution in [2.24, 2.45) is 16.6 Å². The fraction of sp³-hybridized carbons (Fsp3) is 0.588. The molecule has 1 saturated heterocycles. The number of anilines is 1. The van der Waals surface area contributed by atoms with E-state index in [2.05, 4.69) is 47.7 Å². The van der Waals surface area contributed by atoms with Crippen molar-refractivity contribution in [3.63, 3.8) is 0 Å². The van der Waals surface area contributed by atoms with Gasteiger partial charge in [-0.05, 0) is 50.8 Å². The van der Waals surface area contributed by atoms with Crippen molar-refractivity contribution in [3.8, 4) is 0 Å². The van der Waals surface area contributed by atoms with Gasteiger partial charge in [-0.1, -0.05) is 17.7 Å². The van der Waals surface area contributed by atoms with Gasteiger partial charge < -0.3 is 15.5 Å². The van der Waals surface area contributed by atoms with Crippen molar-refractivity contribution in [3.05, 3.63) is 28.8 Å². The highest BCUT2D eigenvalue weighted by molar-refractivity contribution is 6.30. The van der Waals surface area contributed by atoms with Gasteiger partial charge in [0, 0.05) is 43.4 Å². The molecule has 0 aromatic heterocycles. The zero-order valence-corrected chi connectivity index (χ0v) is 14.6. The summed E-state index contributed by atoms with van der Waals surface area (Å²) in [6.45, 7) is 11.0. The Balaban J connectivity index is 1.95. The summed E-state index contributed by atoms with van der Waals surface area (Å²) in [6.07, 6.45) is 1.15. The van der Waals surface area contributed by atoms with Crippen LogP contribution < -0.4 is 10.6 Å². The van der Waals surface area contributed by atoms with Gasteiger partial charge in [-0.25, -0.2) is 0 Å². The maximum Gasteiger partial charge on any atom is 0.191 e. The maximum atomic E-state index is 6.13. The molecule has 2 rings (SSSR count). The minimum atomic E-state index is 0.562. The molecular formula is C17H27ClN4. The SMILES string of the molecule is CCN(CC)C(N)=NCC1CCN(c2cc(Cl)ccc2C)C1. The van der Waals surface area contributed by atoms with Gasteiger partial charge in [0.15, 0.2) is 5.96 Å². The van der Waals surface area contributed by atoms with Crippen LogP contribution in [0, 0.1) is 12.8 Å². The molecule has 4 nitrogen and oxygen atoms in total. The Morgan fingerprint density at radius 3 is 2.82 bits per heavy atom. The number of hydrogen-bond acceptors (Lipinski definition) is 2. The van der Waals surface area contributed by atoms with Crippen LogP contribution in [0.1, 0.15) is 25.8 Å². The lowest BCUT2D eigenvalue weighted by Crippen LogP contribution is -2.37. The van der Waals surface area contributed by atoms with Crippen molar-refractivity contribution < 1.29 is 0 Å². The van der Waals surface area contributed by atoms with Crippen molar-refractivity contribution >= 4 is 23.2 Å². The van der Waals surface area contributed by atoms with Gasteiger partial charge in [0.25, 0.3) is 0 Å². The van der Waals surface area contributed by atoms with Crippen molar-refractivity contribution in [2.75, 3.05) is 37.6 Å². The van der Waals surface area contributed by atoms with E-state index in [0.29, 0.717) is 11.9 Å². The average Bonchev–Trinajstić information content (AvgIpc) is 2.97. The Morgan fingerprint density at radius 2 is 2.14 bits per heavy atom. The molecule has 1 aliphatic rings. The molecule has 5 heteroatoms.